The van der Waals surface area contributed by atoms with Gasteiger partial charge in [0, 0.05) is 16.1 Å². The quantitative estimate of drug-likeness (QED) is 0.521. The molecule has 1 atom stereocenters. The van der Waals surface area contributed by atoms with E-state index < -0.39 is 0 Å². The lowest BCUT2D eigenvalue weighted by atomic mass is 10.2. The Labute approximate surface area is 182 Å². The largest absolute Gasteiger partial charge is 0.493 e. The van der Waals surface area contributed by atoms with E-state index in [0.29, 0.717) is 18.9 Å². The summed E-state index contributed by atoms with van der Waals surface area (Å²) in [4.78, 5) is 14.9. The minimum Gasteiger partial charge on any atom is -0.493 e. The normalized spacial score (nSPS) is 11.7. The van der Waals surface area contributed by atoms with Gasteiger partial charge in [-0.2, -0.15) is 0 Å². The molecule has 6 heteroatoms. The van der Waals surface area contributed by atoms with Gasteiger partial charge in [0.15, 0.2) is 18.0 Å². The van der Waals surface area contributed by atoms with E-state index in [2.05, 4.69) is 18.3 Å². The predicted molar refractivity (Wildman–Crippen MR) is 122 cm³/mol. The average Bonchev–Trinajstić information content (AvgIpc) is 3.27. The molecule has 2 N–H and O–H groups in total. The lowest BCUT2D eigenvalue weighted by molar-refractivity contribution is -0.903. The number of benzene rings is 2. The van der Waals surface area contributed by atoms with Gasteiger partial charge in [-0.25, -0.2) is 0 Å². The van der Waals surface area contributed by atoms with Crippen LogP contribution in [-0.2, 0) is 17.9 Å². The third-order valence-electron chi connectivity index (χ3n) is 4.96. The molecule has 1 aromatic heterocycles. The maximum Gasteiger partial charge on any atom is 0.279 e. The number of aryl methyl sites for hydroxylation is 1. The van der Waals surface area contributed by atoms with Gasteiger partial charge in [-0.15, -0.1) is 11.3 Å². The summed E-state index contributed by atoms with van der Waals surface area (Å²) in [5, 5.41) is 5.06. The maximum absolute atomic E-state index is 12.5. The highest BCUT2D eigenvalue weighted by Gasteiger charge is 2.16. The van der Waals surface area contributed by atoms with Gasteiger partial charge >= 0.3 is 0 Å². The molecule has 0 bridgehead atoms. The van der Waals surface area contributed by atoms with Gasteiger partial charge in [0.25, 0.3) is 5.91 Å². The van der Waals surface area contributed by atoms with Crippen LogP contribution < -0.4 is 19.7 Å². The molecule has 0 aliphatic heterocycles. The van der Waals surface area contributed by atoms with E-state index in [4.69, 9.17) is 9.47 Å². The highest BCUT2D eigenvalue weighted by Crippen LogP contribution is 2.29. The Balaban J connectivity index is 1.60. The molecule has 30 heavy (non-hydrogen) atoms. The second kappa shape index (κ2) is 10.8. The summed E-state index contributed by atoms with van der Waals surface area (Å²) >= 11 is 1.67. The minimum atomic E-state index is 0.0176. The molecule has 1 heterocycles. The molecule has 0 saturated carbocycles. The van der Waals surface area contributed by atoms with Crippen molar-refractivity contribution in [2.75, 3.05) is 25.5 Å². The smallest absolute Gasteiger partial charge is 0.279 e. The van der Waals surface area contributed by atoms with E-state index in [0.717, 1.165) is 35.7 Å². The molecular formula is C24H29N2O3S+. The summed E-state index contributed by atoms with van der Waals surface area (Å²) in [6.45, 7) is 6.60. The molecule has 5 nitrogen and oxygen atoms in total. The highest BCUT2D eigenvalue weighted by molar-refractivity contribution is 7.09. The molecule has 0 saturated heterocycles. The number of methoxy groups -OCH3 is 1. The molecule has 0 aliphatic rings. The van der Waals surface area contributed by atoms with E-state index in [1.54, 1.807) is 18.4 Å². The van der Waals surface area contributed by atoms with Gasteiger partial charge in [0.05, 0.1) is 13.7 Å². The van der Waals surface area contributed by atoms with Crippen LogP contribution in [0.25, 0.3) is 0 Å². The van der Waals surface area contributed by atoms with Crippen LogP contribution in [-0.4, -0.2) is 26.1 Å². The summed E-state index contributed by atoms with van der Waals surface area (Å²) in [6, 6.07) is 17.9. The molecule has 1 unspecified atom stereocenters. The van der Waals surface area contributed by atoms with Gasteiger partial charge in [0.2, 0.25) is 0 Å². The van der Waals surface area contributed by atoms with Crippen LogP contribution in [0.2, 0.25) is 0 Å². The summed E-state index contributed by atoms with van der Waals surface area (Å²) in [7, 11) is 1.65. The third kappa shape index (κ3) is 6.08. The molecule has 158 valence electrons. The first-order chi connectivity index (χ1) is 14.6. The number of hydrogen-bond donors (Lipinski definition) is 2. The lowest BCUT2D eigenvalue weighted by Gasteiger charge is -2.19. The second-order valence-corrected chi connectivity index (χ2v) is 8.21. The van der Waals surface area contributed by atoms with Crippen molar-refractivity contribution in [1.82, 2.24) is 0 Å². The Hall–Kier alpha value is -2.83. The summed E-state index contributed by atoms with van der Waals surface area (Å²) in [6.07, 6.45) is 0. The van der Waals surface area contributed by atoms with Crippen molar-refractivity contribution in [2.24, 2.45) is 0 Å². The van der Waals surface area contributed by atoms with Crippen molar-refractivity contribution in [3.63, 3.8) is 0 Å². The number of carbonyl (C=O) groups is 1. The van der Waals surface area contributed by atoms with Crippen LogP contribution in [0, 0.1) is 6.92 Å². The molecule has 0 aliphatic carbocycles. The van der Waals surface area contributed by atoms with Crippen molar-refractivity contribution in [2.45, 2.75) is 27.0 Å². The average molecular weight is 426 g/mol. The number of para-hydroxylation sites is 1. The van der Waals surface area contributed by atoms with Crippen LogP contribution in [0.3, 0.4) is 0 Å². The molecule has 0 fully saturated rings. The number of nitrogens with one attached hydrogen (secondary N) is 2. The number of hydrogen-bond acceptors (Lipinski definition) is 4. The van der Waals surface area contributed by atoms with E-state index >= 15 is 0 Å². The van der Waals surface area contributed by atoms with Crippen LogP contribution in [0.1, 0.15) is 22.9 Å². The zero-order valence-corrected chi connectivity index (χ0v) is 18.6. The topological polar surface area (TPSA) is 52.0 Å². The first-order valence-corrected chi connectivity index (χ1v) is 11.0. The van der Waals surface area contributed by atoms with Crippen molar-refractivity contribution >= 4 is 22.9 Å². The maximum atomic E-state index is 12.5. The molecule has 3 aromatic rings. The van der Waals surface area contributed by atoms with Crippen LogP contribution in [0.4, 0.5) is 5.69 Å². The number of thiophene rings is 1. The molecular weight excluding hydrogens is 396 g/mol. The number of anilines is 1. The number of carbonyl (C=O) groups excluding carboxylic acids is 1. The Kier molecular flexibility index (Phi) is 7.88. The number of likely N-dealkylation sites (N-methyl/N-ethyl adjacent to an activating group) is 1. The molecule has 0 spiro atoms. The van der Waals surface area contributed by atoms with Gasteiger partial charge in [-0.3, -0.25) is 4.79 Å². The number of rotatable bonds is 10. The fraction of sp³-hybridized carbons (Fsp3) is 0.292. The zero-order chi connectivity index (χ0) is 21.3. The van der Waals surface area contributed by atoms with Gasteiger partial charge in [0.1, 0.15) is 13.2 Å². The second-order valence-electron chi connectivity index (χ2n) is 7.17. The van der Waals surface area contributed by atoms with Gasteiger partial charge in [-0.05, 0) is 55.1 Å². The summed E-state index contributed by atoms with van der Waals surface area (Å²) in [5.41, 5.74) is 3.04. The minimum absolute atomic E-state index is 0.0176. The molecule has 0 radical (unpaired) electrons. The first-order valence-electron chi connectivity index (χ1n) is 10.1. The molecule has 2 aromatic carbocycles. The fourth-order valence-electron chi connectivity index (χ4n) is 3.22. The standard InChI is InChI=1S/C24H28N2O3S/c1-4-26(16-24(27)25-21-10-6-5-8-18(21)2)15-19-11-12-22(23(14-19)28-3)29-17-20-9-7-13-30-20/h5-14H,4,15-17H2,1-3H3,(H,25,27)/p+1. The fourth-order valence-corrected chi connectivity index (χ4v) is 3.84. The monoisotopic (exact) mass is 425 g/mol. The Morgan fingerprint density at radius 2 is 1.93 bits per heavy atom. The summed E-state index contributed by atoms with van der Waals surface area (Å²) in [5.74, 6) is 1.46. The predicted octanol–water partition coefficient (Wildman–Crippen LogP) is 3.69. The van der Waals surface area contributed by atoms with Crippen molar-refractivity contribution in [3.8, 4) is 11.5 Å². The number of quaternary nitrogens is 1. The van der Waals surface area contributed by atoms with E-state index in [1.165, 1.54) is 9.78 Å². The van der Waals surface area contributed by atoms with E-state index in [-0.39, 0.29) is 5.91 Å². The van der Waals surface area contributed by atoms with Gasteiger partial charge in [-0.1, -0.05) is 24.3 Å². The highest BCUT2D eigenvalue weighted by atomic mass is 32.1. The number of amides is 1. The molecule has 3 rings (SSSR count). The van der Waals surface area contributed by atoms with Crippen LogP contribution >= 0.6 is 11.3 Å². The van der Waals surface area contributed by atoms with Crippen LogP contribution in [0.5, 0.6) is 11.5 Å². The lowest BCUT2D eigenvalue weighted by Crippen LogP contribution is -3.11. The Bertz CT molecular complexity index is 957. The van der Waals surface area contributed by atoms with E-state index in [1.807, 2.05) is 60.8 Å². The molecule has 1 amide bonds. The Morgan fingerprint density at radius 1 is 1.10 bits per heavy atom. The van der Waals surface area contributed by atoms with Crippen LogP contribution in [0.15, 0.2) is 60.0 Å². The first kappa shape index (κ1) is 21.9. The zero-order valence-electron chi connectivity index (χ0n) is 17.7. The summed E-state index contributed by atoms with van der Waals surface area (Å²) < 4.78 is 11.4. The Morgan fingerprint density at radius 3 is 2.63 bits per heavy atom. The van der Waals surface area contributed by atoms with Crippen molar-refractivity contribution in [1.29, 1.82) is 0 Å². The van der Waals surface area contributed by atoms with E-state index in [9.17, 15) is 4.79 Å². The third-order valence-corrected chi connectivity index (χ3v) is 5.81. The van der Waals surface area contributed by atoms with Crippen molar-refractivity contribution < 1.29 is 19.2 Å². The number of ether oxygens (including phenoxy) is 2. The van der Waals surface area contributed by atoms with Crippen molar-refractivity contribution in [3.05, 3.63) is 76.0 Å². The SMILES string of the molecule is CC[NH+](CC(=O)Nc1ccccc1C)Cc1ccc(OCc2cccs2)c(OC)c1. The van der Waals surface area contributed by atoms with Gasteiger partial charge < -0.3 is 19.7 Å².